The van der Waals surface area contributed by atoms with E-state index in [-0.39, 0.29) is 0 Å². The monoisotopic (exact) mass is 178 g/mol. The number of carbonyl (C=O) groups is 1. The van der Waals surface area contributed by atoms with E-state index >= 15 is 0 Å². The van der Waals surface area contributed by atoms with Crippen LogP contribution in [0, 0.1) is 0 Å². The van der Waals surface area contributed by atoms with Crippen LogP contribution in [0.3, 0.4) is 0 Å². The fourth-order valence-corrected chi connectivity index (χ4v) is 0.440. The van der Waals surface area contributed by atoms with Gasteiger partial charge in [-0.1, -0.05) is 0 Å². The maximum absolute atomic E-state index is 9.45. The van der Waals surface area contributed by atoms with E-state index in [0.717, 1.165) is 26.4 Å². The molecular weight excluding hydrogens is 164 g/mol. The van der Waals surface area contributed by atoms with Gasteiger partial charge < -0.3 is 19.7 Å². The van der Waals surface area contributed by atoms with Crippen molar-refractivity contribution in [2.24, 2.45) is 0 Å². The van der Waals surface area contributed by atoms with Crippen LogP contribution >= 0.6 is 0 Å². The Bertz CT molecular complexity index is 107. The van der Waals surface area contributed by atoms with Crippen molar-refractivity contribution in [1.82, 2.24) is 0 Å². The maximum Gasteiger partial charge on any atom is 0.332 e. The number of aliphatic carboxylic acids is 1. The topological polar surface area (TPSA) is 76.0 Å². The molecule has 1 saturated heterocycles. The van der Waals surface area contributed by atoms with Gasteiger partial charge in [0.05, 0.1) is 26.4 Å². The molecule has 1 aliphatic rings. The Balaban J connectivity index is 0.000000202. The van der Waals surface area contributed by atoms with Crippen molar-refractivity contribution >= 4 is 5.97 Å². The van der Waals surface area contributed by atoms with Gasteiger partial charge >= 0.3 is 5.97 Å². The highest BCUT2D eigenvalue weighted by atomic mass is 16.6. The summed E-state index contributed by atoms with van der Waals surface area (Å²) >= 11 is 0. The molecule has 5 nitrogen and oxygen atoms in total. The van der Waals surface area contributed by atoms with Crippen molar-refractivity contribution < 1.29 is 24.5 Å². The molecule has 0 aromatic rings. The van der Waals surface area contributed by atoms with Gasteiger partial charge in [-0.15, -0.1) is 0 Å². The average Bonchev–Trinajstić information content (AvgIpc) is 2.08. The molecule has 1 atom stereocenters. The highest BCUT2D eigenvalue weighted by Gasteiger charge is 2.01. The molecule has 0 radical (unpaired) electrons. The van der Waals surface area contributed by atoms with Crippen molar-refractivity contribution in [2.45, 2.75) is 13.0 Å². The van der Waals surface area contributed by atoms with Crippen LogP contribution in [0.15, 0.2) is 0 Å². The summed E-state index contributed by atoms with van der Waals surface area (Å²) in [4.78, 5) is 9.45. The number of hydrogen-bond donors (Lipinski definition) is 2. The molecule has 1 fully saturated rings. The average molecular weight is 178 g/mol. The van der Waals surface area contributed by atoms with Gasteiger partial charge in [0.2, 0.25) is 0 Å². The second-order valence-corrected chi connectivity index (χ2v) is 2.24. The maximum atomic E-state index is 9.45. The van der Waals surface area contributed by atoms with Crippen LogP contribution in [0.25, 0.3) is 0 Å². The third-order valence-corrected chi connectivity index (χ3v) is 1.10. The smallest absolute Gasteiger partial charge is 0.332 e. The van der Waals surface area contributed by atoms with Crippen LogP contribution in [-0.4, -0.2) is 48.7 Å². The van der Waals surface area contributed by atoms with Gasteiger partial charge in [-0.25, -0.2) is 4.79 Å². The van der Waals surface area contributed by atoms with E-state index in [1.165, 1.54) is 6.92 Å². The number of ether oxygens (including phenoxy) is 2. The summed E-state index contributed by atoms with van der Waals surface area (Å²) in [5, 5.41) is 15.8. The minimum absolute atomic E-state index is 0.778. The Morgan fingerprint density at radius 3 is 1.58 bits per heavy atom. The quantitative estimate of drug-likeness (QED) is 0.565. The fraction of sp³-hybridized carbons (Fsp3) is 0.857. The van der Waals surface area contributed by atoms with Crippen molar-refractivity contribution in [1.29, 1.82) is 0 Å². The molecule has 72 valence electrons. The summed E-state index contributed by atoms with van der Waals surface area (Å²) in [6.07, 6.45) is -1.23. The van der Waals surface area contributed by atoms with E-state index in [1.54, 1.807) is 0 Å². The minimum Gasteiger partial charge on any atom is -0.479 e. The predicted molar refractivity (Wildman–Crippen MR) is 41.0 cm³/mol. The second-order valence-electron chi connectivity index (χ2n) is 2.24. The first-order valence-electron chi connectivity index (χ1n) is 3.71. The number of carboxylic acid groups (broad SMARTS) is 1. The highest BCUT2D eigenvalue weighted by Crippen LogP contribution is 1.85. The van der Waals surface area contributed by atoms with Crippen LogP contribution in [-0.2, 0) is 14.3 Å². The summed E-state index contributed by atoms with van der Waals surface area (Å²) in [5.74, 6) is -1.19. The number of rotatable bonds is 1. The molecule has 0 bridgehead atoms. The predicted octanol–water partition coefficient (Wildman–Crippen LogP) is -0.515. The summed E-state index contributed by atoms with van der Waals surface area (Å²) in [6, 6.07) is 0. The Hall–Kier alpha value is -0.650. The molecule has 0 spiro atoms. The molecule has 12 heavy (non-hydrogen) atoms. The van der Waals surface area contributed by atoms with Gasteiger partial charge in [-0.05, 0) is 6.92 Å². The Kier molecular flexibility index (Phi) is 6.64. The zero-order chi connectivity index (χ0) is 9.40. The van der Waals surface area contributed by atoms with Gasteiger partial charge in [0, 0.05) is 0 Å². The Labute approximate surface area is 70.9 Å². The Morgan fingerprint density at radius 1 is 1.25 bits per heavy atom. The van der Waals surface area contributed by atoms with Gasteiger partial charge in [0.25, 0.3) is 0 Å². The van der Waals surface area contributed by atoms with Crippen molar-refractivity contribution in [3.8, 4) is 0 Å². The zero-order valence-electron chi connectivity index (χ0n) is 7.02. The summed E-state index contributed by atoms with van der Waals surface area (Å²) in [7, 11) is 0. The molecule has 1 aliphatic heterocycles. The normalized spacial score (nSPS) is 18.8. The molecule has 1 unspecified atom stereocenters. The zero-order valence-corrected chi connectivity index (χ0v) is 7.02. The molecular formula is C7H14O5. The standard InChI is InChI=1S/C4H8O2.C3H6O3/c1-2-6-4-3-5-1;1-2(4)3(5)6/h1-4H2;2,4H,1H3,(H,5,6). The van der Waals surface area contributed by atoms with E-state index in [2.05, 4.69) is 0 Å². The lowest BCUT2D eigenvalue weighted by Gasteiger charge is -2.09. The fourth-order valence-electron chi connectivity index (χ4n) is 0.440. The summed E-state index contributed by atoms with van der Waals surface area (Å²) in [6.45, 7) is 4.31. The molecule has 0 aromatic heterocycles. The van der Waals surface area contributed by atoms with Crippen molar-refractivity contribution in [3.63, 3.8) is 0 Å². The van der Waals surface area contributed by atoms with E-state index in [9.17, 15) is 4.79 Å². The van der Waals surface area contributed by atoms with Crippen LogP contribution in [0.2, 0.25) is 0 Å². The lowest BCUT2D eigenvalue weighted by molar-refractivity contribution is -0.145. The first-order valence-corrected chi connectivity index (χ1v) is 3.71. The summed E-state index contributed by atoms with van der Waals surface area (Å²) in [5.41, 5.74) is 0. The highest BCUT2D eigenvalue weighted by molar-refractivity contribution is 5.71. The molecule has 0 amide bonds. The third-order valence-electron chi connectivity index (χ3n) is 1.10. The van der Waals surface area contributed by atoms with Gasteiger partial charge in [-0.2, -0.15) is 0 Å². The number of aliphatic hydroxyl groups is 1. The second kappa shape index (κ2) is 7.02. The number of carboxylic acids is 1. The summed E-state index contributed by atoms with van der Waals surface area (Å²) < 4.78 is 9.89. The lowest BCUT2D eigenvalue weighted by Crippen LogP contribution is -2.16. The molecule has 5 heteroatoms. The van der Waals surface area contributed by atoms with Crippen LogP contribution < -0.4 is 0 Å². The molecule has 0 aliphatic carbocycles. The van der Waals surface area contributed by atoms with Crippen LogP contribution in [0.5, 0.6) is 0 Å². The van der Waals surface area contributed by atoms with E-state index in [4.69, 9.17) is 19.7 Å². The van der Waals surface area contributed by atoms with Crippen molar-refractivity contribution in [2.75, 3.05) is 26.4 Å². The van der Waals surface area contributed by atoms with Crippen molar-refractivity contribution in [3.05, 3.63) is 0 Å². The molecule has 2 N–H and O–H groups in total. The minimum atomic E-state index is -1.23. The molecule has 0 aromatic carbocycles. The first kappa shape index (κ1) is 11.4. The van der Waals surface area contributed by atoms with Gasteiger partial charge in [0.15, 0.2) is 0 Å². The number of aliphatic hydroxyl groups excluding tert-OH is 1. The van der Waals surface area contributed by atoms with Crippen LogP contribution in [0.4, 0.5) is 0 Å². The third kappa shape index (κ3) is 7.46. The Morgan fingerprint density at radius 2 is 1.50 bits per heavy atom. The van der Waals surface area contributed by atoms with E-state index in [1.807, 2.05) is 0 Å². The van der Waals surface area contributed by atoms with Gasteiger partial charge in [0.1, 0.15) is 6.10 Å². The number of hydrogen-bond acceptors (Lipinski definition) is 4. The van der Waals surface area contributed by atoms with Gasteiger partial charge in [-0.3, -0.25) is 0 Å². The molecule has 0 saturated carbocycles. The largest absolute Gasteiger partial charge is 0.479 e. The molecule has 1 rings (SSSR count). The van der Waals surface area contributed by atoms with E-state index < -0.39 is 12.1 Å². The first-order chi connectivity index (χ1) is 5.64. The molecule has 1 heterocycles. The van der Waals surface area contributed by atoms with Crippen LogP contribution in [0.1, 0.15) is 6.92 Å². The van der Waals surface area contributed by atoms with E-state index in [0.29, 0.717) is 0 Å². The lowest BCUT2D eigenvalue weighted by atomic mass is 10.4. The SMILES string of the molecule is C1COCCO1.CC(O)C(=O)O.